The van der Waals surface area contributed by atoms with Gasteiger partial charge in [-0.25, -0.2) is 0 Å². The first-order chi connectivity index (χ1) is 12.0. The molecular weight excluding hydrogens is 312 g/mol. The molecule has 3 heteroatoms. The number of hydrogen-bond acceptors (Lipinski definition) is 3. The molecule has 0 aromatic carbocycles. The van der Waals surface area contributed by atoms with Gasteiger partial charge in [0.25, 0.3) is 0 Å². The smallest absolute Gasteiger partial charge is 0.178 e. The quantitative estimate of drug-likeness (QED) is 0.689. The molecule has 3 rings (SSSR count). The number of ketones is 2. The van der Waals surface area contributed by atoms with Gasteiger partial charge in [0.05, 0.1) is 6.61 Å². The van der Waals surface area contributed by atoms with E-state index in [0.29, 0.717) is 36.1 Å². The number of carbonyl (C=O) groups is 2. The van der Waals surface area contributed by atoms with Crippen LogP contribution in [0.15, 0.2) is 23.8 Å². The molecule has 3 nitrogen and oxygen atoms in total. The van der Waals surface area contributed by atoms with Crippen molar-refractivity contribution in [2.45, 2.75) is 58.8 Å². The molecule has 0 spiro atoms. The van der Waals surface area contributed by atoms with Crippen LogP contribution in [0.25, 0.3) is 0 Å². The van der Waals surface area contributed by atoms with Crippen LogP contribution in [0.3, 0.4) is 0 Å². The van der Waals surface area contributed by atoms with Crippen LogP contribution >= 0.6 is 0 Å². The van der Waals surface area contributed by atoms with E-state index in [9.17, 15) is 9.59 Å². The fourth-order valence-electron chi connectivity index (χ4n) is 5.71. The summed E-state index contributed by atoms with van der Waals surface area (Å²) in [7, 11) is 1.74. The lowest BCUT2D eigenvalue weighted by molar-refractivity contribution is -0.130. The third-order valence-electron chi connectivity index (χ3n) is 7.09. The van der Waals surface area contributed by atoms with E-state index in [1.165, 1.54) is 5.57 Å². The zero-order valence-corrected chi connectivity index (χ0v) is 15.9. The van der Waals surface area contributed by atoms with E-state index in [0.717, 1.165) is 44.9 Å². The van der Waals surface area contributed by atoms with Gasteiger partial charge in [-0.3, -0.25) is 9.59 Å². The molecule has 3 saturated carbocycles. The lowest BCUT2D eigenvalue weighted by Crippen LogP contribution is -2.45. The maximum absolute atomic E-state index is 12.4. The summed E-state index contributed by atoms with van der Waals surface area (Å²) in [5, 5.41) is 0. The Labute approximate surface area is 151 Å². The number of rotatable bonds is 5. The summed E-state index contributed by atoms with van der Waals surface area (Å²) in [6.45, 7) is 4.92. The summed E-state index contributed by atoms with van der Waals surface area (Å²) < 4.78 is 5.47. The van der Waals surface area contributed by atoms with Crippen molar-refractivity contribution < 1.29 is 14.3 Å². The number of carbonyl (C=O) groups excluding carboxylic acids is 2. The third-order valence-corrected chi connectivity index (χ3v) is 7.09. The Morgan fingerprint density at radius 1 is 1.36 bits per heavy atom. The van der Waals surface area contributed by atoms with Gasteiger partial charge in [-0.1, -0.05) is 25.5 Å². The zero-order valence-electron chi connectivity index (χ0n) is 15.9. The second-order valence-electron chi connectivity index (χ2n) is 8.47. The Kier molecular flexibility index (Phi) is 5.62. The summed E-state index contributed by atoms with van der Waals surface area (Å²) in [5.41, 5.74) is 1.18. The van der Waals surface area contributed by atoms with Crippen molar-refractivity contribution >= 4 is 11.6 Å². The largest absolute Gasteiger partial charge is 0.384 e. The number of allylic oxidation sites excluding steroid dienone is 3. The molecule has 5 atom stereocenters. The Balaban J connectivity index is 1.81. The first kappa shape index (κ1) is 18.6. The molecule has 0 bridgehead atoms. The molecule has 0 saturated heterocycles. The van der Waals surface area contributed by atoms with Gasteiger partial charge in [0.1, 0.15) is 5.78 Å². The minimum absolute atomic E-state index is 0.0836. The molecule has 0 amide bonds. The van der Waals surface area contributed by atoms with Gasteiger partial charge in [-0.15, -0.1) is 0 Å². The fourth-order valence-corrected chi connectivity index (χ4v) is 5.71. The van der Waals surface area contributed by atoms with Gasteiger partial charge >= 0.3 is 0 Å². The van der Waals surface area contributed by atoms with E-state index in [2.05, 4.69) is 6.92 Å². The summed E-state index contributed by atoms with van der Waals surface area (Å²) in [4.78, 5) is 24.6. The number of fused-ring (bicyclic) bond motifs is 3. The number of Topliss-reactive ketones (excluding diaryl/α,β-unsaturated/α-hetero) is 1. The number of ether oxygens (including phenoxy) is 1. The van der Waals surface area contributed by atoms with Crippen LogP contribution in [0.4, 0.5) is 0 Å². The van der Waals surface area contributed by atoms with Crippen molar-refractivity contribution in [3.05, 3.63) is 23.8 Å². The van der Waals surface area contributed by atoms with Crippen LogP contribution in [0, 0.1) is 29.1 Å². The molecule has 0 N–H and O–H groups in total. The van der Waals surface area contributed by atoms with Crippen LogP contribution in [-0.2, 0) is 14.3 Å². The van der Waals surface area contributed by atoms with Gasteiger partial charge in [0, 0.05) is 24.9 Å². The molecule has 0 aromatic heterocycles. The SMILES string of the molecule is CC/C=C\C(=O)/C=C1\C[C@H]2CC[C@]3(C)C(=O)CC[C@H]3[C@@H]2C[C@H]1COC. The van der Waals surface area contributed by atoms with Gasteiger partial charge in [0.15, 0.2) is 5.78 Å². The zero-order chi connectivity index (χ0) is 18.0. The monoisotopic (exact) mass is 344 g/mol. The van der Waals surface area contributed by atoms with E-state index in [-0.39, 0.29) is 11.2 Å². The lowest BCUT2D eigenvalue weighted by Gasteiger charge is -2.50. The van der Waals surface area contributed by atoms with Gasteiger partial charge in [0.2, 0.25) is 0 Å². The van der Waals surface area contributed by atoms with E-state index >= 15 is 0 Å². The first-order valence-electron chi connectivity index (χ1n) is 9.92. The average Bonchev–Trinajstić information content (AvgIpc) is 2.89. The highest BCUT2D eigenvalue weighted by Gasteiger charge is 2.55. The standard InChI is InChI=1S/C22H32O3/c1-4-5-6-18(23)12-16-11-15-9-10-22(2)20(7-8-21(22)24)19(15)13-17(16)14-25-3/h5-6,12,15,17,19-20H,4,7-11,13-14H2,1-3H3/b6-5-,16-12+/t15-,17+,19-,20+,22+/m1/s1. The maximum Gasteiger partial charge on any atom is 0.178 e. The third kappa shape index (κ3) is 3.53. The van der Waals surface area contributed by atoms with E-state index < -0.39 is 0 Å². The molecule has 0 heterocycles. The topological polar surface area (TPSA) is 43.4 Å². The van der Waals surface area contributed by atoms with Crippen molar-refractivity contribution in [3.8, 4) is 0 Å². The van der Waals surface area contributed by atoms with Crippen molar-refractivity contribution in [1.82, 2.24) is 0 Å². The van der Waals surface area contributed by atoms with Crippen molar-refractivity contribution in [1.29, 1.82) is 0 Å². The Bertz CT molecular complexity index is 588. The van der Waals surface area contributed by atoms with Crippen molar-refractivity contribution in [3.63, 3.8) is 0 Å². The van der Waals surface area contributed by atoms with Crippen LogP contribution in [0.5, 0.6) is 0 Å². The van der Waals surface area contributed by atoms with Crippen molar-refractivity contribution in [2.75, 3.05) is 13.7 Å². The molecule has 25 heavy (non-hydrogen) atoms. The van der Waals surface area contributed by atoms with E-state index in [1.807, 2.05) is 19.1 Å². The summed E-state index contributed by atoms with van der Waals surface area (Å²) >= 11 is 0. The molecule has 0 radical (unpaired) electrons. The van der Waals surface area contributed by atoms with Crippen LogP contribution < -0.4 is 0 Å². The van der Waals surface area contributed by atoms with Gasteiger partial charge in [-0.05, 0) is 68.4 Å². The molecule has 3 aliphatic rings. The normalized spacial score (nSPS) is 39.6. The highest BCUT2D eigenvalue weighted by atomic mass is 16.5. The Morgan fingerprint density at radius 3 is 2.88 bits per heavy atom. The maximum atomic E-state index is 12.4. The molecule has 3 fully saturated rings. The van der Waals surface area contributed by atoms with Crippen LogP contribution in [-0.4, -0.2) is 25.3 Å². The highest BCUT2D eigenvalue weighted by Crippen LogP contribution is 2.59. The lowest BCUT2D eigenvalue weighted by atomic mass is 9.54. The summed E-state index contributed by atoms with van der Waals surface area (Å²) in [6.07, 6.45) is 12.4. The molecule has 138 valence electrons. The first-order valence-corrected chi connectivity index (χ1v) is 9.92. The molecule has 0 aliphatic heterocycles. The predicted octanol–water partition coefficient (Wildman–Crippen LogP) is 4.52. The summed E-state index contributed by atoms with van der Waals surface area (Å²) in [5.74, 6) is 2.70. The second kappa shape index (κ2) is 7.57. The number of methoxy groups -OCH3 is 1. The second-order valence-corrected chi connectivity index (χ2v) is 8.47. The highest BCUT2D eigenvalue weighted by molar-refractivity contribution is 5.99. The fraction of sp³-hybridized carbons (Fsp3) is 0.727. The van der Waals surface area contributed by atoms with Crippen molar-refractivity contribution in [2.24, 2.45) is 29.1 Å². The molecule has 0 unspecified atom stereocenters. The molecular formula is C22H32O3. The summed E-state index contributed by atoms with van der Waals surface area (Å²) in [6, 6.07) is 0. The molecule has 3 aliphatic carbocycles. The average molecular weight is 344 g/mol. The van der Waals surface area contributed by atoms with Crippen LogP contribution in [0.1, 0.15) is 58.8 Å². The molecule has 0 aromatic rings. The van der Waals surface area contributed by atoms with Gasteiger partial charge in [-0.2, -0.15) is 0 Å². The number of hydrogen-bond donors (Lipinski definition) is 0. The van der Waals surface area contributed by atoms with E-state index in [4.69, 9.17) is 4.74 Å². The predicted molar refractivity (Wildman–Crippen MR) is 99.2 cm³/mol. The minimum atomic E-state index is -0.0836. The minimum Gasteiger partial charge on any atom is -0.384 e. The Morgan fingerprint density at radius 2 is 2.16 bits per heavy atom. The Hall–Kier alpha value is -1.22. The van der Waals surface area contributed by atoms with Gasteiger partial charge < -0.3 is 4.74 Å². The van der Waals surface area contributed by atoms with Crippen LogP contribution in [0.2, 0.25) is 0 Å². The van der Waals surface area contributed by atoms with E-state index in [1.54, 1.807) is 13.2 Å².